The summed E-state index contributed by atoms with van der Waals surface area (Å²) in [6.45, 7) is 0. The van der Waals surface area contributed by atoms with Crippen molar-refractivity contribution in [1.82, 2.24) is 9.61 Å². The predicted molar refractivity (Wildman–Crippen MR) is 91.3 cm³/mol. The Bertz CT molecular complexity index is 993. The monoisotopic (exact) mass is 339 g/mol. The molecule has 0 bridgehead atoms. The Labute approximate surface area is 141 Å². The molecule has 0 fully saturated rings. The first-order valence-electron chi connectivity index (χ1n) is 6.56. The molecule has 112 valence electrons. The van der Waals surface area contributed by atoms with Crippen molar-refractivity contribution >= 4 is 34.7 Å². The van der Waals surface area contributed by atoms with Gasteiger partial charge in [0.2, 0.25) is 0 Å². The summed E-state index contributed by atoms with van der Waals surface area (Å²) in [4.78, 5) is 0.572. The van der Waals surface area contributed by atoms with E-state index < -0.39 is 0 Å². The SMILES string of the molecule is CSc1c(C#N)c(N)n2nc(-c3ccc(Cl)cc3)cc2c1C#N. The Hall–Kier alpha value is -2.67. The first-order chi connectivity index (χ1) is 11.1. The first-order valence-corrected chi connectivity index (χ1v) is 8.16. The number of fused-ring (bicyclic) bond motifs is 1. The van der Waals surface area contributed by atoms with Gasteiger partial charge in [0.05, 0.1) is 16.8 Å². The van der Waals surface area contributed by atoms with Crippen molar-refractivity contribution in [2.24, 2.45) is 0 Å². The van der Waals surface area contributed by atoms with Gasteiger partial charge < -0.3 is 5.73 Å². The number of nitriles is 2. The number of hydrogen-bond donors (Lipinski definition) is 1. The van der Waals surface area contributed by atoms with Crippen molar-refractivity contribution in [3.8, 4) is 23.4 Å². The molecule has 2 heterocycles. The lowest BCUT2D eigenvalue weighted by atomic mass is 10.1. The molecule has 0 aliphatic carbocycles. The number of nitrogen functional groups attached to an aromatic ring is 1. The molecule has 0 saturated carbocycles. The smallest absolute Gasteiger partial charge is 0.144 e. The molecule has 0 aliphatic heterocycles. The number of halogens is 1. The zero-order valence-corrected chi connectivity index (χ0v) is 13.6. The molecule has 2 aromatic heterocycles. The molecule has 0 atom stereocenters. The lowest BCUT2D eigenvalue weighted by Crippen LogP contribution is -2.05. The van der Waals surface area contributed by atoms with Crippen LogP contribution in [0, 0.1) is 22.7 Å². The number of hydrogen-bond acceptors (Lipinski definition) is 5. The molecule has 5 nitrogen and oxygen atoms in total. The van der Waals surface area contributed by atoms with Crippen LogP contribution >= 0.6 is 23.4 Å². The number of nitrogens with zero attached hydrogens (tertiary/aromatic N) is 4. The van der Waals surface area contributed by atoms with Crippen molar-refractivity contribution in [3.05, 3.63) is 46.5 Å². The van der Waals surface area contributed by atoms with Gasteiger partial charge in [0.15, 0.2) is 0 Å². The highest BCUT2D eigenvalue weighted by atomic mass is 35.5. The Kier molecular flexibility index (Phi) is 3.87. The average Bonchev–Trinajstić information content (AvgIpc) is 3.00. The van der Waals surface area contributed by atoms with E-state index in [9.17, 15) is 10.5 Å². The van der Waals surface area contributed by atoms with E-state index in [1.165, 1.54) is 16.3 Å². The molecule has 0 saturated heterocycles. The molecule has 0 radical (unpaired) electrons. The molecule has 2 N–H and O–H groups in total. The molecule has 1 aromatic carbocycles. The van der Waals surface area contributed by atoms with Crippen molar-refractivity contribution in [3.63, 3.8) is 0 Å². The van der Waals surface area contributed by atoms with Crippen LogP contribution in [-0.4, -0.2) is 15.9 Å². The number of aromatic nitrogens is 2. The summed E-state index contributed by atoms with van der Waals surface area (Å²) >= 11 is 7.23. The maximum absolute atomic E-state index is 9.50. The summed E-state index contributed by atoms with van der Waals surface area (Å²) in [7, 11) is 0. The lowest BCUT2D eigenvalue weighted by Gasteiger charge is -2.08. The van der Waals surface area contributed by atoms with Gasteiger partial charge in [0.25, 0.3) is 0 Å². The van der Waals surface area contributed by atoms with E-state index in [0.717, 1.165) is 5.56 Å². The second-order valence-corrected chi connectivity index (χ2v) is 5.98. The molecule has 3 aromatic rings. The second kappa shape index (κ2) is 5.85. The van der Waals surface area contributed by atoms with Crippen LogP contribution < -0.4 is 5.73 Å². The summed E-state index contributed by atoms with van der Waals surface area (Å²) in [5.41, 5.74) is 8.84. The number of benzene rings is 1. The number of nitrogens with two attached hydrogens (primary N) is 1. The summed E-state index contributed by atoms with van der Waals surface area (Å²) in [5, 5.41) is 23.9. The van der Waals surface area contributed by atoms with Crippen LogP contribution in [0.25, 0.3) is 16.8 Å². The van der Waals surface area contributed by atoms with Crippen LogP contribution in [0.5, 0.6) is 0 Å². The third-order valence-corrected chi connectivity index (χ3v) is 4.54. The second-order valence-electron chi connectivity index (χ2n) is 4.73. The minimum atomic E-state index is 0.228. The average molecular weight is 340 g/mol. The van der Waals surface area contributed by atoms with E-state index >= 15 is 0 Å². The minimum Gasteiger partial charge on any atom is -0.382 e. The van der Waals surface area contributed by atoms with Crippen LogP contribution in [0.2, 0.25) is 5.02 Å². The van der Waals surface area contributed by atoms with E-state index in [2.05, 4.69) is 17.2 Å². The molecule has 0 unspecified atom stereocenters. The van der Waals surface area contributed by atoms with Gasteiger partial charge in [-0.15, -0.1) is 11.8 Å². The maximum Gasteiger partial charge on any atom is 0.144 e. The quantitative estimate of drug-likeness (QED) is 0.719. The van der Waals surface area contributed by atoms with Crippen molar-refractivity contribution in [1.29, 1.82) is 10.5 Å². The third kappa shape index (κ3) is 2.39. The van der Waals surface area contributed by atoms with Crippen molar-refractivity contribution in [2.45, 2.75) is 4.90 Å². The zero-order chi connectivity index (χ0) is 16.6. The van der Waals surface area contributed by atoms with Gasteiger partial charge in [-0.3, -0.25) is 0 Å². The van der Waals surface area contributed by atoms with Crippen LogP contribution in [0.4, 0.5) is 5.82 Å². The highest BCUT2D eigenvalue weighted by Gasteiger charge is 2.20. The standard InChI is InChI=1S/C16H10ClN5S/c1-23-15-11(7-18)14-6-13(9-2-4-10(17)5-3-9)21-22(14)16(20)12(15)8-19/h2-6H,20H2,1H3. The Morgan fingerprint density at radius 2 is 1.83 bits per heavy atom. The molecular weight excluding hydrogens is 330 g/mol. The summed E-state index contributed by atoms with van der Waals surface area (Å²) < 4.78 is 1.45. The van der Waals surface area contributed by atoms with E-state index in [1.807, 2.05) is 18.4 Å². The zero-order valence-electron chi connectivity index (χ0n) is 12.0. The molecule has 0 aliphatic rings. The highest BCUT2D eigenvalue weighted by Crippen LogP contribution is 2.33. The van der Waals surface area contributed by atoms with Gasteiger partial charge in [-0.2, -0.15) is 15.6 Å². The fourth-order valence-corrected chi connectivity index (χ4v) is 3.22. The fraction of sp³-hybridized carbons (Fsp3) is 0.0625. The van der Waals surface area contributed by atoms with Crippen LogP contribution in [0.1, 0.15) is 11.1 Å². The van der Waals surface area contributed by atoms with Crippen LogP contribution in [0.15, 0.2) is 35.2 Å². The summed E-state index contributed by atoms with van der Waals surface area (Å²) in [6, 6.07) is 13.2. The lowest BCUT2D eigenvalue weighted by molar-refractivity contribution is 0.962. The largest absolute Gasteiger partial charge is 0.382 e. The molecule has 0 spiro atoms. The topological polar surface area (TPSA) is 90.9 Å². The van der Waals surface area contributed by atoms with Gasteiger partial charge in [-0.1, -0.05) is 23.7 Å². The van der Waals surface area contributed by atoms with Gasteiger partial charge >= 0.3 is 0 Å². The normalized spacial score (nSPS) is 10.4. The number of pyridine rings is 1. The predicted octanol–water partition coefficient (Wildman–Crippen LogP) is 3.70. The van der Waals surface area contributed by atoms with E-state index in [1.54, 1.807) is 18.2 Å². The maximum atomic E-state index is 9.50. The first kappa shape index (κ1) is 15.2. The van der Waals surface area contributed by atoms with Gasteiger partial charge in [0, 0.05) is 15.5 Å². The highest BCUT2D eigenvalue weighted by molar-refractivity contribution is 7.98. The number of anilines is 1. The Balaban J connectivity index is 2.36. The number of thioether (sulfide) groups is 1. The summed E-state index contributed by atoms with van der Waals surface area (Å²) in [5.74, 6) is 0.228. The van der Waals surface area contributed by atoms with Crippen LogP contribution in [0.3, 0.4) is 0 Å². The van der Waals surface area contributed by atoms with Crippen molar-refractivity contribution in [2.75, 3.05) is 12.0 Å². The third-order valence-electron chi connectivity index (χ3n) is 3.47. The molecular formula is C16H10ClN5S. The molecule has 7 heteroatoms. The van der Waals surface area contributed by atoms with Gasteiger partial charge in [-0.05, 0) is 24.5 Å². The Morgan fingerprint density at radius 1 is 1.17 bits per heavy atom. The van der Waals surface area contributed by atoms with E-state index in [-0.39, 0.29) is 11.4 Å². The molecule has 23 heavy (non-hydrogen) atoms. The fourth-order valence-electron chi connectivity index (χ4n) is 2.39. The molecule has 0 amide bonds. The van der Waals surface area contributed by atoms with E-state index in [0.29, 0.717) is 26.7 Å². The Morgan fingerprint density at radius 3 is 2.39 bits per heavy atom. The van der Waals surface area contributed by atoms with Crippen molar-refractivity contribution < 1.29 is 0 Å². The molecule has 3 rings (SSSR count). The van der Waals surface area contributed by atoms with E-state index in [4.69, 9.17) is 17.3 Å². The van der Waals surface area contributed by atoms with Gasteiger partial charge in [0.1, 0.15) is 23.5 Å². The minimum absolute atomic E-state index is 0.228. The van der Waals surface area contributed by atoms with Crippen LogP contribution in [-0.2, 0) is 0 Å². The van der Waals surface area contributed by atoms with Gasteiger partial charge in [-0.25, -0.2) is 4.52 Å². The number of rotatable bonds is 2. The summed E-state index contributed by atoms with van der Waals surface area (Å²) in [6.07, 6.45) is 1.81.